The fraction of sp³-hybridized carbons (Fsp3) is 0.321. The molecule has 0 saturated carbocycles. The van der Waals surface area contributed by atoms with Gasteiger partial charge in [-0.05, 0) is 54.6 Å². The molecule has 1 amide bonds. The third kappa shape index (κ3) is 7.21. The molecule has 1 unspecified atom stereocenters. The number of esters is 1. The minimum atomic E-state index is -0.206. The van der Waals surface area contributed by atoms with Gasteiger partial charge in [0.15, 0.2) is 0 Å². The van der Waals surface area contributed by atoms with E-state index in [1.54, 1.807) is 42.5 Å². The number of ether oxygens (including phenoxy) is 1. The Morgan fingerprint density at radius 3 is 2.57 bits per heavy atom. The molecule has 4 aromatic rings. The lowest BCUT2D eigenvalue weighted by Crippen LogP contribution is -2.21. The van der Waals surface area contributed by atoms with E-state index in [-0.39, 0.29) is 16.5 Å². The molecule has 2 heterocycles. The molecule has 0 bridgehead atoms. The highest BCUT2D eigenvalue weighted by atomic mass is 35.5. The number of halogens is 1. The summed E-state index contributed by atoms with van der Waals surface area (Å²) in [6, 6.07) is 17.9. The van der Waals surface area contributed by atoms with Crippen LogP contribution in [0.1, 0.15) is 29.6 Å². The first-order valence-electron chi connectivity index (χ1n) is 11.9. The number of amides is 1. The quantitative estimate of drug-likeness (QED) is 0.110. The number of pyridine rings is 1. The van der Waals surface area contributed by atoms with Crippen molar-refractivity contribution in [1.29, 1.82) is 0 Å². The summed E-state index contributed by atoms with van der Waals surface area (Å²) >= 11 is 9.57. The van der Waals surface area contributed by atoms with Crippen LogP contribution in [0.15, 0.2) is 59.0 Å². The number of carbonyl (C=O) groups excluding carboxylic acids is 2. The van der Waals surface area contributed by atoms with Gasteiger partial charge in [0, 0.05) is 54.0 Å². The Morgan fingerprint density at radius 1 is 1.00 bits per heavy atom. The summed E-state index contributed by atoms with van der Waals surface area (Å²) in [4.78, 5) is 30.0. The molecule has 1 atom stereocenters. The number of carbonyl (C=O) groups is 2. The molecule has 2 aromatic heterocycles. The number of hydrogen-bond acceptors (Lipinski definition) is 7. The minimum Gasteiger partial charge on any atom is -0.469 e. The first-order chi connectivity index (χ1) is 17.8. The second kappa shape index (κ2) is 12.7. The molecule has 0 N–H and O–H groups in total. The van der Waals surface area contributed by atoms with Crippen LogP contribution in [-0.4, -0.2) is 54.5 Å². The maximum absolute atomic E-state index is 12.1. The van der Waals surface area contributed by atoms with Crippen LogP contribution in [0.3, 0.4) is 0 Å². The van der Waals surface area contributed by atoms with Gasteiger partial charge in [-0.25, -0.2) is 4.98 Å². The first-order valence-corrected chi connectivity index (χ1v) is 14.4. The van der Waals surface area contributed by atoms with Gasteiger partial charge in [0.1, 0.15) is 15.9 Å². The molecule has 0 spiro atoms. The van der Waals surface area contributed by atoms with Crippen LogP contribution < -0.4 is 0 Å². The van der Waals surface area contributed by atoms with Crippen LogP contribution in [-0.2, 0) is 14.3 Å². The lowest BCUT2D eigenvalue weighted by Gasteiger charge is -2.15. The molecule has 6 nitrogen and oxygen atoms in total. The van der Waals surface area contributed by atoms with Crippen LogP contribution in [0, 0.1) is 0 Å². The van der Waals surface area contributed by atoms with E-state index in [2.05, 4.69) is 12.1 Å². The van der Waals surface area contributed by atoms with Gasteiger partial charge < -0.3 is 14.1 Å². The molecule has 0 radical (unpaired) electrons. The lowest BCUT2D eigenvalue weighted by atomic mass is 10.1. The van der Waals surface area contributed by atoms with E-state index in [0.29, 0.717) is 30.0 Å². The average molecular weight is 557 g/mol. The molecule has 0 saturated heterocycles. The smallest absolute Gasteiger partial charge is 0.305 e. The zero-order valence-electron chi connectivity index (χ0n) is 21.0. The number of rotatable bonds is 11. The zero-order chi connectivity index (χ0) is 26.4. The molecule has 0 fully saturated rings. The standard InChI is InChI=1S/C28H29ClN2O4S2/c1-31(2)26(32)12-14-37-28(36-13-4-5-27(33)34-3)25-16-20-15-19(8-11-24(20)35-25)22-10-7-18-6-9-21(29)17-23(18)30-22/h6-11,15-17,28H,4-5,12-14H2,1-3H3. The van der Waals surface area contributed by atoms with Crippen molar-refractivity contribution in [3.8, 4) is 11.3 Å². The molecule has 37 heavy (non-hydrogen) atoms. The number of thioether (sulfide) groups is 2. The lowest BCUT2D eigenvalue weighted by molar-refractivity contribution is -0.140. The fourth-order valence-electron chi connectivity index (χ4n) is 3.79. The second-order valence-corrected chi connectivity index (χ2v) is 11.9. The third-order valence-corrected chi connectivity index (χ3v) is 8.91. The van der Waals surface area contributed by atoms with Crippen molar-refractivity contribution in [2.75, 3.05) is 32.7 Å². The summed E-state index contributed by atoms with van der Waals surface area (Å²) in [7, 11) is 4.94. The fourth-order valence-corrected chi connectivity index (χ4v) is 6.51. The van der Waals surface area contributed by atoms with Crippen molar-refractivity contribution in [3.05, 3.63) is 65.4 Å². The van der Waals surface area contributed by atoms with Crippen LogP contribution >= 0.6 is 35.1 Å². The van der Waals surface area contributed by atoms with Crippen molar-refractivity contribution in [2.45, 2.75) is 23.8 Å². The van der Waals surface area contributed by atoms with Gasteiger partial charge in [-0.2, -0.15) is 0 Å². The Hall–Kier alpha value is -2.68. The van der Waals surface area contributed by atoms with Crippen molar-refractivity contribution < 1.29 is 18.7 Å². The van der Waals surface area contributed by atoms with Crippen LogP contribution in [0.25, 0.3) is 33.1 Å². The van der Waals surface area contributed by atoms with Gasteiger partial charge in [-0.3, -0.25) is 9.59 Å². The van der Waals surface area contributed by atoms with E-state index in [9.17, 15) is 9.59 Å². The van der Waals surface area contributed by atoms with Gasteiger partial charge in [-0.1, -0.05) is 23.7 Å². The molecular weight excluding hydrogens is 528 g/mol. The maximum Gasteiger partial charge on any atom is 0.305 e. The number of benzene rings is 2. The molecule has 4 rings (SSSR count). The average Bonchev–Trinajstić information content (AvgIpc) is 3.32. The molecule has 194 valence electrons. The van der Waals surface area contributed by atoms with E-state index in [4.69, 9.17) is 25.7 Å². The summed E-state index contributed by atoms with van der Waals surface area (Å²) in [5.41, 5.74) is 3.51. The number of methoxy groups -OCH3 is 1. The van der Waals surface area contributed by atoms with E-state index in [0.717, 1.165) is 44.6 Å². The largest absolute Gasteiger partial charge is 0.469 e. The molecule has 2 aromatic carbocycles. The van der Waals surface area contributed by atoms with Crippen molar-refractivity contribution in [1.82, 2.24) is 9.88 Å². The Morgan fingerprint density at radius 2 is 1.78 bits per heavy atom. The molecule has 0 aliphatic rings. The van der Waals surface area contributed by atoms with E-state index in [1.807, 2.05) is 42.5 Å². The topological polar surface area (TPSA) is 72.6 Å². The SMILES string of the molecule is COC(=O)CCCSC(SCCC(=O)N(C)C)c1cc2cc(-c3ccc4ccc(Cl)cc4n3)ccc2o1. The number of furan rings is 1. The molecule has 0 aliphatic heterocycles. The van der Waals surface area contributed by atoms with E-state index >= 15 is 0 Å². The highest BCUT2D eigenvalue weighted by Gasteiger charge is 2.19. The van der Waals surface area contributed by atoms with Gasteiger partial charge >= 0.3 is 5.97 Å². The zero-order valence-corrected chi connectivity index (χ0v) is 23.4. The number of fused-ring (bicyclic) bond motifs is 2. The number of nitrogens with zero attached hydrogens (tertiary/aromatic N) is 2. The maximum atomic E-state index is 12.1. The monoisotopic (exact) mass is 556 g/mol. The van der Waals surface area contributed by atoms with Crippen LogP contribution in [0.2, 0.25) is 5.02 Å². The Balaban J connectivity index is 1.54. The van der Waals surface area contributed by atoms with Crippen molar-refractivity contribution >= 4 is 68.9 Å². The second-order valence-electron chi connectivity index (χ2n) is 8.73. The number of aromatic nitrogens is 1. The normalized spacial score (nSPS) is 12.1. The van der Waals surface area contributed by atoms with Crippen LogP contribution in [0.5, 0.6) is 0 Å². The van der Waals surface area contributed by atoms with E-state index < -0.39 is 0 Å². The summed E-state index contributed by atoms with van der Waals surface area (Å²) < 4.78 is 11.0. The Labute approximate surface area is 230 Å². The first kappa shape index (κ1) is 27.4. The summed E-state index contributed by atoms with van der Waals surface area (Å²) in [6.07, 6.45) is 1.55. The van der Waals surface area contributed by atoms with Gasteiger partial charge in [-0.15, -0.1) is 23.5 Å². The molecular formula is C28H29ClN2O4S2. The number of hydrogen-bond donors (Lipinski definition) is 0. The van der Waals surface area contributed by atoms with E-state index in [1.165, 1.54) is 7.11 Å². The van der Waals surface area contributed by atoms with Crippen molar-refractivity contribution in [3.63, 3.8) is 0 Å². The Bertz CT molecular complexity index is 1410. The van der Waals surface area contributed by atoms with Gasteiger partial charge in [0.2, 0.25) is 5.91 Å². The molecule has 0 aliphatic carbocycles. The summed E-state index contributed by atoms with van der Waals surface area (Å²) in [5, 5.41) is 2.69. The van der Waals surface area contributed by atoms with Crippen LogP contribution in [0.4, 0.5) is 0 Å². The van der Waals surface area contributed by atoms with Gasteiger partial charge in [0.05, 0.1) is 18.3 Å². The van der Waals surface area contributed by atoms with Crippen molar-refractivity contribution in [2.24, 2.45) is 0 Å². The predicted molar refractivity (Wildman–Crippen MR) is 154 cm³/mol. The van der Waals surface area contributed by atoms with Gasteiger partial charge in [0.25, 0.3) is 0 Å². The minimum absolute atomic E-state index is 0.00407. The predicted octanol–water partition coefficient (Wildman–Crippen LogP) is 7.20. The summed E-state index contributed by atoms with van der Waals surface area (Å²) in [6.45, 7) is 0. The highest BCUT2D eigenvalue weighted by molar-refractivity contribution is 8.16. The summed E-state index contributed by atoms with van der Waals surface area (Å²) in [5.74, 6) is 2.19. The Kier molecular flexibility index (Phi) is 9.40. The third-order valence-electron chi connectivity index (χ3n) is 5.82. The highest BCUT2D eigenvalue weighted by Crippen LogP contribution is 2.43. The molecule has 9 heteroatoms.